The molecule has 0 spiro atoms. The SMILES string of the molecule is CC[C@H](C(=O)NC1CCCCC1)N(Cc1ccccc1C)C(=O)CCSc1ccc(C)cc1. The van der Waals surface area contributed by atoms with Crippen molar-refractivity contribution in [3.63, 3.8) is 0 Å². The van der Waals surface area contributed by atoms with Crippen LogP contribution in [-0.4, -0.2) is 34.6 Å². The molecule has 0 heterocycles. The van der Waals surface area contributed by atoms with Crippen molar-refractivity contribution in [2.24, 2.45) is 0 Å². The number of nitrogens with zero attached hydrogens (tertiary/aromatic N) is 1. The molecule has 3 rings (SSSR count). The number of nitrogens with one attached hydrogen (secondary N) is 1. The van der Waals surface area contributed by atoms with Crippen molar-refractivity contribution in [3.8, 4) is 0 Å². The van der Waals surface area contributed by atoms with E-state index >= 15 is 0 Å². The van der Waals surface area contributed by atoms with Crippen molar-refractivity contribution in [1.82, 2.24) is 10.2 Å². The average Bonchev–Trinajstić information content (AvgIpc) is 2.82. The van der Waals surface area contributed by atoms with Gasteiger partial charge in [0.15, 0.2) is 0 Å². The Morgan fingerprint density at radius 2 is 1.73 bits per heavy atom. The largest absolute Gasteiger partial charge is 0.352 e. The number of hydrogen-bond donors (Lipinski definition) is 1. The Balaban J connectivity index is 1.70. The van der Waals surface area contributed by atoms with Gasteiger partial charge < -0.3 is 10.2 Å². The van der Waals surface area contributed by atoms with Gasteiger partial charge in [0.2, 0.25) is 11.8 Å². The van der Waals surface area contributed by atoms with Crippen LogP contribution < -0.4 is 5.32 Å². The minimum atomic E-state index is -0.441. The first kappa shape index (κ1) is 25.4. The van der Waals surface area contributed by atoms with Crippen molar-refractivity contribution in [1.29, 1.82) is 0 Å². The molecule has 5 heteroatoms. The van der Waals surface area contributed by atoms with Crippen molar-refractivity contribution in [2.75, 3.05) is 5.75 Å². The fourth-order valence-electron chi connectivity index (χ4n) is 4.47. The lowest BCUT2D eigenvalue weighted by Gasteiger charge is -2.33. The van der Waals surface area contributed by atoms with Gasteiger partial charge in [-0.05, 0) is 56.4 Å². The van der Waals surface area contributed by atoms with E-state index in [-0.39, 0.29) is 17.9 Å². The first-order valence-corrected chi connectivity index (χ1v) is 13.3. The number of thioether (sulfide) groups is 1. The number of aryl methyl sites for hydroxylation is 2. The van der Waals surface area contributed by atoms with Crippen LogP contribution in [-0.2, 0) is 16.1 Å². The van der Waals surface area contributed by atoms with E-state index in [9.17, 15) is 9.59 Å². The van der Waals surface area contributed by atoms with Crippen LogP contribution in [0.15, 0.2) is 53.4 Å². The molecule has 1 aliphatic rings. The molecule has 2 aromatic rings. The summed E-state index contributed by atoms with van der Waals surface area (Å²) in [6.07, 6.45) is 6.70. The normalized spacial score (nSPS) is 15.1. The van der Waals surface area contributed by atoms with E-state index in [1.54, 1.807) is 11.8 Å². The molecule has 0 radical (unpaired) electrons. The summed E-state index contributed by atoms with van der Waals surface area (Å²) in [6, 6.07) is 16.3. The van der Waals surface area contributed by atoms with E-state index in [1.165, 1.54) is 29.7 Å². The highest BCUT2D eigenvalue weighted by atomic mass is 32.2. The van der Waals surface area contributed by atoms with Crippen LogP contribution in [0.5, 0.6) is 0 Å². The summed E-state index contributed by atoms with van der Waals surface area (Å²) >= 11 is 1.69. The molecule has 178 valence electrons. The zero-order chi connectivity index (χ0) is 23.6. The first-order chi connectivity index (χ1) is 16.0. The number of rotatable bonds is 10. The summed E-state index contributed by atoms with van der Waals surface area (Å²) in [4.78, 5) is 29.7. The van der Waals surface area contributed by atoms with Gasteiger partial charge in [0.05, 0.1) is 0 Å². The zero-order valence-electron chi connectivity index (χ0n) is 20.3. The molecule has 0 aromatic heterocycles. The van der Waals surface area contributed by atoms with Gasteiger partial charge >= 0.3 is 0 Å². The Labute approximate surface area is 203 Å². The van der Waals surface area contributed by atoms with Gasteiger partial charge in [0.1, 0.15) is 6.04 Å². The molecule has 1 N–H and O–H groups in total. The number of amides is 2. The van der Waals surface area contributed by atoms with Crippen molar-refractivity contribution >= 4 is 23.6 Å². The Morgan fingerprint density at radius 1 is 1.03 bits per heavy atom. The highest BCUT2D eigenvalue weighted by molar-refractivity contribution is 7.99. The van der Waals surface area contributed by atoms with Gasteiger partial charge in [-0.3, -0.25) is 9.59 Å². The fourth-order valence-corrected chi connectivity index (χ4v) is 5.31. The van der Waals surface area contributed by atoms with Crippen LogP contribution >= 0.6 is 11.8 Å². The molecule has 0 unspecified atom stereocenters. The quantitative estimate of drug-likeness (QED) is 0.434. The van der Waals surface area contributed by atoms with E-state index in [4.69, 9.17) is 0 Å². The van der Waals surface area contributed by atoms with E-state index < -0.39 is 6.04 Å². The molecule has 1 saturated carbocycles. The third-order valence-electron chi connectivity index (χ3n) is 6.55. The van der Waals surface area contributed by atoms with E-state index in [1.807, 2.05) is 24.0 Å². The van der Waals surface area contributed by atoms with Crippen molar-refractivity contribution < 1.29 is 9.59 Å². The summed E-state index contributed by atoms with van der Waals surface area (Å²) in [5, 5.41) is 3.25. The van der Waals surface area contributed by atoms with E-state index in [0.717, 1.165) is 24.0 Å². The molecular formula is C28H38N2O2S. The van der Waals surface area contributed by atoms with Crippen molar-refractivity contribution in [2.45, 2.75) is 89.2 Å². The summed E-state index contributed by atoms with van der Waals surface area (Å²) in [6.45, 7) is 6.61. The van der Waals surface area contributed by atoms with E-state index in [0.29, 0.717) is 25.1 Å². The van der Waals surface area contributed by atoms with Gasteiger partial charge in [-0.15, -0.1) is 11.8 Å². The number of benzene rings is 2. The second-order valence-corrected chi connectivity index (χ2v) is 10.3. The topological polar surface area (TPSA) is 49.4 Å². The maximum absolute atomic E-state index is 13.4. The third-order valence-corrected chi connectivity index (χ3v) is 7.56. The molecule has 2 amide bonds. The highest BCUT2D eigenvalue weighted by Gasteiger charge is 2.30. The molecule has 0 saturated heterocycles. The monoisotopic (exact) mass is 466 g/mol. The summed E-state index contributed by atoms with van der Waals surface area (Å²) in [5.74, 6) is 0.744. The molecule has 2 aromatic carbocycles. The molecule has 33 heavy (non-hydrogen) atoms. The molecule has 1 fully saturated rings. The Hall–Kier alpha value is -2.27. The Morgan fingerprint density at radius 3 is 2.39 bits per heavy atom. The van der Waals surface area contributed by atoms with Gasteiger partial charge in [-0.25, -0.2) is 0 Å². The highest BCUT2D eigenvalue weighted by Crippen LogP contribution is 2.22. The van der Waals surface area contributed by atoms with Crippen LogP contribution in [0.1, 0.15) is 68.6 Å². The molecular weight excluding hydrogens is 428 g/mol. The van der Waals surface area contributed by atoms with Crippen LogP contribution in [0.3, 0.4) is 0 Å². The molecule has 1 aliphatic carbocycles. The summed E-state index contributed by atoms with van der Waals surface area (Å²) < 4.78 is 0. The minimum absolute atomic E-state index is 0.00229. The fraction of sp³-hybridized carbons (Fsp3) is 0.500. The van der Waals surface area contributed by atoms with Gasteiger partial charge in [0, 0.05) is 29.7 Å². The van der Waals surface area contributed by atoms with Crippen LogP contribution in [0.25, 0.3) is 0 Å². The van der Waals surface area contributed by atoms with Gasteiger partial charge in [-0.1, -0.05) is 68.1 Å². The Bertz CT molecular complexity index is 906. The minimum Gasteiger partial charge on any atom is -0.352 e. The first-order valence-electron chi connectivity index (χ1n) is 12.3. The second kappa shape index (κ2) is 12.8. The number of carbonyl (C=O) groups excluding carboxylic acids is 2. The maximum atomic E-state index is 13.4. The summed E-state index contributed by atoms with van der Waals surface area (Å²) in [7, 11) is 0. The Kier molecular flexibility index (Phi) is 9.86. The molecule has 4 nitrogen and oxygen atoms in total. The number of carbonyl (C=O) groups is 2. The summed E-state index contributed by atoms with van der Waals surface area (Å²) in [5.41, 5.74) is 3.47. The molecule has 1 atom stereocenters. The zero-order valence-corrected chi connectivity index (χ0v) is 21.1. The van der Waals surface area contributed by atoms with Crippen molar-refractivity contribution in [3.05, 3.63) is 65.2 Å². The standard InChI is InChI=1S/C28H38N2O2S/c1-4-26(28(32)29-24-12-6-5-7-13-24)30(20-23-11-9-8-10-22(23)3)27(31)18-19-33-25-16-14-21(2)15-17-25/h8-11,14-17,24,26H,4-7,12-13,18-20H2,1-3H3,(H,29,32)/t26-/m1/s1. The average molecular weight is 467 g/mol. The van der Waals surface area contributed by atoms with E-state index in [2.05, 4.69) is 55.6 Å². The van der Waals surface area contributed by atoms with Gasteiger partial charge in [0.25, 0.3) is 0 Å². The molecule has 0 aliphatic heterocycles. The van der Waals surface area contributed by atoms with Crippen LogP contribution in [0.4, 0.5) is 0 Å². The lowest BCUT2D eigenvalue weighted by molar-refractivity contribution is -0.141. The van der Waals surface area contributed by atoms with Gasteiger partial charge in [-0.2, -0.15) is 0 Å². The third kappa shape index (κ3) is 7.63. The lowest BCUT2D eigenvalue weighted by atomic mass is 9.95. The second-order valence-electron chi connectivity index (χ2n) is 9.13. The van der Waals surface area contributed by atoms with Crippen LogP contribution in [0, 0.1) is 13.8 Å². The van der Waals surface area contributed by atoms with Crippen LogP contribution in [0.2, 0.25) is 0 Å². The maximum Gasteiger partial charge on any atom is 0.243 e. The number of hydrogen-bond acceptors (Lipinski definition) is 3. The molecule has 0 bridgehead atoms. The lowest BCUT2D eigenvalue weighted by Crippen LogP contribution is -2.51. The predicted octanol–water partition coefficient (Wildman–Crippen LogP) is 6.04. The predicted molar refractivity (Wildman–Crippen MR) is 137 cm³/mol. The smallest absolute Gasteiger partial charge is 0.243 e.